The number of hydrogen-bond acceptors (Lipinski definition) is 4. The summed E-state index contributed by atoms with van der Waals surface area (Å²) in [6, 6.07) is 0. The monoisotopic (exact) mass is 125 g/mol. The Labute approximate surface area is 67.8 Å². The van der Waals surface area contributed by atoms with Crippen LogP contribution >= 0.6 is 0 Å². The molecule has 0 aromatic rings. The summed E-state index contributed by atoms with van der Waals surface area (Å²) in [6.45, 7) is 0. The van der Waals surface area contributed by atoms with Gasteiger partial charge in [0.1, 0.15) is 0 Å². The van der Waals surface area contributed by atoms with Crippen LogP contribution in [-0.2, 0) is 0 Å². The van der Waals surface area contributed by atoms with Crippen molar-refractivity contribution in [1.82, 2.24) is 0 Å². The third-order valence-electron chi connectivity index (χ3n) is 0. The summed E-state index contributed by atoms with van der Waals surface area (Å²) in [6.07, 6.45) is 0. The van der Waals surface area contributed by atoms with Gasteiger partial charge in [0.05, 0.1) is 0 Å². The Balaban J connectivity index is -0.0000000800. The maximum absolute atomic E-state index is 8.69. The van der Waals surface area contributed by atoms with E-state index >= 15 is 0 Å². The fourth-order valence-corrected chi connectivity index (χ4v) is 0. The molecule has 0 bridgehead atoms. The smallest absolute Gasteiger partial charge is 0.861 e. The van der Waals surface area contributed by atoms with Gasteiger partial charge in [0.15, 0.2) is 0 Å². The van der Waals surface area contributed by atoms with E-state index in [9.17, 15) is 0 Å². The minimum absolute atomic E-state index is 0. The predicted molar refractivity (Wildman–Crippen MR) is 13.7 cm³/mol. The largest absolute Gasteiger partial charge is 2.00 e. The van der Waals surface area contributed by atoms with E-state index in [-0.39, 0.29) is 39.7 Å². The first kappa shape index (κ1) is 15.7. The first-order valence-corrected chi connectivity index (χ1v) is 2.51. The van der Waals surface area contributed by atoms with Crippen LogP contribution in [0.15, 0.2) is 0 Å². The molecule has 0 fully saturated rings. The van der Waals surface area contributed by atoms with Crippen LogP contribution < -0.4 is 43.9 Å². The molecule has 0 amide bonds. The van der Waals surface area contributed by atoms with Crippen LogP contribution in [0.4, 0.5) is 0 Å². The first-order valence-electron chi connectivity index (χ1n) is 0.836. The fourth-order valence-electron chi connectivity index (χ4n) is 0. The molecule has 0 aromatic heterocycles. The van der Waals surface area contributed by atoms with Gasteiger partial charge in [-0.1, -0.05) is 0 Å². The normalized spacial score (nSPS) is 8.57. The molecule has 0 radical (unpaired) electrons. The van der Waals surface area contributed by atoms with E-state index in [0.29, 0.717) is 0 Å². The summed E-state index contributed by atoms with van der Waals surface area (Å²) in [5, 5.41) is 0. The molecule has 0 unspecified atom stereocenters. The molecule has 0 atom stereocenters. The van der Waals surface area contributed by atoms with Crippen molar-refractivity contribution in [2.75, 3.05) is 0 Å². The molecule has 0 heterocycles. The van der Waals surface area contributed by atoms with Gasteiger partial charge < -0.3 is 19.2 Å². The van der Waals surface area contributed by atoms with Gasteiger partial charge in [0.25, 0.3) is 0 Å². The molecule has 0 aliphatic rings. The van der Waals surface area contributed by atoms with Gasteiger partial charge in [-0.05, 0) is 0 Å². The number of hydrogen-bond donors (Lipinski definition) is 1. The molecule has 0 aromatic carbocycles. The van der Waals surface area contributed by atoms with Crippen LogP contribution in [0.3, 0.4) is 0 Å². The average molecular weight is 125 g/mol. The second-order valence-corrected chi connectivity index (χ2v) is 1.57. The van der Waals surface area contributed by atoms with Gasteiger partial charge in [0.2, 0.25) is 0 Å². The molecule has 0 rings (SSSR count). The van der Waals surface area contributed by atoms with E-state index in [0.717, 1.165) is 0 Å². The second-order valence-electron chi connectivity index (χ2n) is 0.524. The Kier molecular flexibility index (Phi) is 12.1. The van der Waals surface area contributed by atoms with E-state index in [2.05, 4.69) is 0 Å². The molecule has 7 heteroatoms. The molecule has 7 heavy (non-hydrogen) atoms. The number of rotatable bonds is 0. The summed E-state index contributed by atoms with van der Waals surface area (Å²) >= 11 is 0. The molecule has 0 aliphatic carbocycles. The Bertz CT molecular complexity index is 27.2. The molecule has 4 nitrogen and oxygen atoms in total. The molecule has 0 saturated carbocycles. The fraction of sp³-hybridized carbons (Fsp3) is 0. The molecule has 0 saturated heterocycles. The predicted octanol–water partition coefficient (Wildman–Crippen LogP) is -7.88. The molecular weight excluding hydrogens is 124 g/mol. The molecule has 1 N–H and O–H groups in total. The van der Waals surface area contributed by atoms with Gasteiger partial charge in [-0.25, -0.2) is 0 Å². The van der Waals surface area contributed by atoms with Gasteiger partial charge in [0, 0.05) is 0 Å². The summed E-state index contributed by atoms with van der Waals surface area (Å²) in [7, 11) is -5.36. The minimum atomic E-state index is -5.36. The van der Waals surface area contributed by atoms with Crippen molar-refractivity contribution in [1.29, 1.82) is 0 Å². The minimum Gasteiger partial charge on any atom is -0.861 e. The zero-order valence-corrected chi connectivity index (χ0v) is 6.88. The van der Waals surface area contributed by atoms with E-state index in [1.807, 2.05) is 0 Å². The second kappa shape index (κ2) is 5.36. The van der Waals surface area contributed by atoms with Crippen LogP contribution in [0.5, 0.6) is 0 Å². The van der Waals surface area contributed by atoms with Crippen molar-refractivity contribution in [3.05, 3.63) is 0 Å². The summed E-state index contributed by atoms with van der Waals surface area (Å²) in [4.78, 5) is 33.1. The SMILES string of the molecule is [Be+2].[Na+].[O-][Si]([O-])([O-])O. The van der Waals surface area contributed by atoms with Gasteiger partial charge in [-0.15, -0.1) is 9.05 Å². The Morgan fingerprint density at radius 3 is 1.14 bits per heavy atom. The van der Waals surface area contributed by atoms with Gasteiger partial charge >= 0.3 is 39.7 Å². The molecular formula is HBeNaO4Si. The van der Waals surface area contributed by atoms with Crippen molar-refractivity contribution < 1.29 is 48.7 Å². The maximum atomic E-state index is 8.69. The summed E-state index contributed by atoms with van der Waals surface area (Å²) in [5.74, 6) is 0. The Hall–Kier alpha value is 1.23. The quantitative estimate of drug-likeness (QED) is 0.325. The van der Waals surface area contributed by atoms with Gasteiger partial charge in [-0.3, -0.25) is 0 Å². The van der Waals surface area contributed by atoms with Crippen molar-refractivity contribution in [2.45, 2.75) is 0 Å². The van der Waals surface area contributed by atoms with Crippen LogP contribution in [0.2, 0.25) is 0 Å². The van der Waals surface area contributed by atoms with Crippen LogP contribution in [0, 0.1) is 0 Å². The van der Waals surface area contributed by atoms with E-state index in [1.54, 1.807) is 0 Å². The van der Waals surface area contributed by atoms with Crippen molar-refractivity contribution in [3.8, 4) is 0 Å². The van der Waals surface area contributed by atoms with Crippen molar-refractivity contribution in [3.63, 3.8) is 0 Å². The van der Waals surface area contributed by atoms with E-state index in [1.165, 1.54) is 0 Å². The van der Waals surface area contributed by atoms with Crippen LogP contribution in [-0.4, -0.2) is 24.0 Å². The third-order valence-corrected chi connectivity index (χ3v) is 0. The van der Waals surface area contributed by atoms with Crippen molar-refractivity contribution in [2.24, 2.45) is 0 Å². The Morgan fingerprint density at radius 2 is 1.14 bits per heavy atom. The van der Waals surface area contributed by atoms with E-state index < -0.39 is 9.05 Å². The third kappa shape index (κ3) is 131. The summed E-state index contributed by atoms with van der Waals surface area (Å²) < 4.78 is 0. The zero-order valence-electron chi connectivity index (χ0n) is 3.88. The zero-order chi connectivity index (χ0) is 4.50. The molecule has 32 valence electrons. The standard InChI is InChI=1S/Be.Na.HO4Si/c;;1-5(2,3)4/h;;1H/q+2;+1;-3. The summed E-state index contributed by atoms with van der Waals surface area (Å²) in [5.41, 5.74) is 0. The Morgan fingerprint density at radius 1 is 1.14 bits per heavy atom. The van der Waals surface area contributed by atoms with Gasteiger partial charge in [-0.2, -0.15) is 0 Å². The first-order chi connectivity index (χ1) is 2.00. The molecule has 0 aliphatic heterocycles. The maximum Gasteiger partial charge on any atom is 2.00 e. The van der Waals surface area contributed by atoms with E-state index in [4.69, 9.17) is 19.2 Å². The van der Waals surface area contributed by atoms with Crippen LogP contribution in [0.1, 0.15) is 0 Å². The molecule has 0 spiro atoms. The van der Waals surface area contributed by atoms with Crippen molar-refractivity contribution >= 4 is 19.2 Å². The average Bonchev–Trinajstić information content (AvgIpc) is 0.722. The topological polar surface area (TPSA) is 89.4 Å². The van der Waals surface area contributed by atoms with Crippen LogP contribution in [0.25, 0.3) is 0 Å².